The molecule has 0 radical (unpaired) electrons. The van der Waals surface area contributed by atoms with Crippen molar-refractivity contribution >= 4 is 11.6 Å². The summed E-state index contributed by atoms with van der Waals surface area (Å²) in [6.07, 6.45) is 3.93. The normalized spacial score (nSPS) is 19.3. The van der Waals surface area contributed by atoms with Crippen molar-refractivity contribution in [3.8, 4) is 0 Å². The average molecular weight is 396 g/mol. The predicted octanol–water partition coefficient (Wildman–Crippen LogP) is 3.05. The highest BCUT2D eigenvalue weighted by molar-refractivity contribution is 5.97. The Balaban J connectivity index is 1.59. The molecule has 0 spiro atoms. The molecule has 29 heavy (non-hydrogen) atoms. The minimum Gasteiger partial charge on any atom is -0.378 e. The first-order valence-electron chi connectivity index (χ1n) is 10.5. The average Bonchev–Trinajstić information content (AvgIpc) is 3.27. The van der Waals surface area contributed by atoms with E-state index in [1.807, 2.05) is 42.2 Å². The van der Waals surface area contributed by atoms with Gasteiger partial charge >= 0.3 is 0 Å². The number of ether oxygens (including phenoxy) is 2. The number of amides is 1. The maximum absolute atomic E-state index is 13.6. The highest BCUT2D eigenvalue weighted by Crippen LogP contribution is 2.26. The van der Waals surface area contributed by atoms with Crippen LogP contribution in [0.3, 0.4) is 0 Å². The van der Waals surface area contributed by atoms with E-state index in [0.29, 0.717) is 13.1 Å². The summed E-state index contributed by atoms with van der Waals surface area (Å²) in [4.78, 5) is 22.2. The van der Waals surface area contributed by atoms with Crippen LogP contribution in [-0.4, -0.2) is 61.3 Å². The summed E-state index contributed by atoms with van der Waals surface area (Å²) in [5, 5.41) is 0. The molecule has 2 fully saturated rings. The third-order valence-corrected chi connectivity index (χ3v) is 5.70. The Kier molecular flexibility index (Phi) is 6.42. The van der Waals surface area contributed by atoms with E-state index in [0.717, 1.165) is 68.3 Å². The van der Waals surface area contributed by atoms with Crippen LogP contribution in [-0.2, 0) is 16.0 Å². The van der Waals surface area contributed by atoms with Gasteiger partial charge in [0.15, 0.2) is 0 Å². The number of carbonyl (C=O) groups excluding carboxylic acids is 1. The number of hydrogen-bond donors (Lipinski definition) is 0. The molecule has 0 aliphatic carbocycles. The maximum Gasteiger partial charge on any atom is 0.254 e. The van der Waals surface area contributed by atoms with E-state index < -0.39 is 0 Å². The number of hydrogen-bond acceptors (Lipinski definition) is 5. The van der Waals surface area contributed by atoms with Crippen molar-refractivity contribution in [3.63, 3.8) is 0 Å². The number of pyridine rings is 1. The Bertz CT molecular complexity index is 815. The molecule has 2 aliphatic rings. The minimum absolute atomic E-state index is 0.0405. The number of rotatable bonds is 6. The highest BCUT2D eigenvalue weighted by atomic mass is 16.5. The highest BCUT2D eigenvalue weighted by Gasteiger charge is 2.26. The smallest absolute Gasteiger partial charge is 0.254 e. The minimum atomic E-state index is 0.0405. The van der Waals surface area contributed by atoms with Crippen LogP contribution < -0.4 is 4.90 Å². The first-order valence-corrected chi connectivity index (χ1v) is 10.5. The summed E-state index contributed by atoms with van der Waals surface area (Å²) in [6, 6.07) is 11.8. The molecule has 0 unspecified atom stereocenters. The van der Waals surface area contributed by atoms with Gasteiger partial charge in [0.05, 0.1) is 31.6 Å². The maximum atomic E-state index is 13.6. The van der Waals surface area contributed by atoms with Crippen molar-refractivity contribution < 1.29 is 14.3 Å². The lowest BCUT2D eigenvalue weighted by Gasteiger charge is -2.31. The lowest BCUT2D eigenvalue weighted by Crippen LogP contribution is -2.39. The van der Waals surface area contributed by atoms with Gasteiger partial charge in [0, 0.05) is 43.7 Å². The first-order chi connectivity index (χ1) is 14.2. The summed E-state index contributed by atoms with van der Waals surface area (Å²) in [7, 11) is 0. The Labute approximate surface area is 172 Å². The fourth-order valence-electron chi connectivity index (χ4n) is 4.11. The van der Waals surface area contributed by atoms with Crippen LogP contribution in [0.1, 0.15) is 34.5 Å². The van der Waals surface area contributed by atoms with Crippen LogP contribution in [0, 0.1) is 6.92 Å². The zero-order valence-corrected chi connectivity index (χ0v) is 17.0. The van der Waals surface area contributed by atoms with E-state index >= 15 is 0 Å². The van der Waals surface area contributed by atoms with Crippen molar-refractivity contribution in [1.82, 2.24) is 9.88 Å². The van der Waals surface area contributed by atoms with Gasteiger partial charge in [0.25, 0.3) is 5.91 Å². The third kappa shape index (κ3) is 4.77. The second-order valence-electron chi connectivity index (χ2n) is 7.69. The molecule has 6 nitrogen and oxygen atoms in total. The van der Waals surface area contributed by atoms with E-state index in [2.05, 4.69) is 16.0 Å². The molecule has 1 atom stereocenters. The molecule has 0 N–H and O–H groups in total. The van der Waals surface area contributed by atoms with Crippen molar-refractivity contribution in [2.24, 2.45) is 0 Å². The van der Waals surface area contributed by atoms with Crippen LogP contribution in [0.4, 0.5) is 5.69 Å². The molecule has 0 bridgehead atoms. The van der Waals surface area contributed by atoms with Gasteiger partial charge < -0.3 is 19.3 Å². The van der Waals surface area contributed by atoms with Crippen molar-refractivity contribution in [2.45, 2.75) is 32.4 Å². The molecular weight excluding hydrogens is 366 g/mol. The second kappa shape index (κ2) is 9.37. The van der Waals surface area contributed by atoms with Gasteiger partial charge in [-0.15, -0.1) is 0 Å². The zero-order chi connectivity index (χ0) is 20.1. The van der Waals surface area contributed by atoms with Gasteiger partial charge in [-0.3, -0.25) is 9.78 Å². The molecule has 1 amide bonds. The number of nitrogens with zero attached hydrogens (tertiary/aromatic N) is 3. The number of aromatic nitrogens is 1. The van der Waals surface area contributed by atoms with Crippen molar-refractivity contribution in [3.05, 3.63) is 59.4 Å². The van der Waals surface area contributed by atoms with E-state index in [1.54, 1.807) is 6.20 Å². The van der Waals surface area contributed by atoms with E-state index in [4.69, 9.17) is 9.47 Å². The third-order valence-electron chi connectivity index (χ3n) is 5.70. The summed E-state index contributed by atoms with van der Waals surface area (Å²) in [5.74, 6) is 0.0405. The summed E-state index contributed by atoms with van der Waals surface area (Å²) in [6.45, 7) is 7.06. The molecule has 0 saturated carbocycles. The van der Waals surface area contributed by atoms with Crippen molar-refractivity contribution in [1.29, 1.82) is 0 Å². The van der Waals surface area contributed by atoms with Crippen LogP contribution in [0.15, 0.2) is 42.6 Å². The Morgan fingerprint density at radius 1 is 1.17 bits per heavy atom. The van der Waals surface area contributed by atoms with Gasteiger partial charge in [-0.2, -0.15) is 0 Å². The fourth-order valence-corrected chi connectivity index (χ4v) is 4.11. The van der Waals surface area contributed by atoms with E-state index in [9.17, 15) is 4.79 Å². The Morgan fingerprint density at radius 2 is 2.03 bits per heavy atom. The van der Waals surface area contributed by atoms with E-state index in [-0.39, 0.29) is 12.0 Å². The number of morpholine rings is 1. The lowest BCUT2D eigenvalue weighted by atomic mass is 10.0. The Hall–Kier alpha value is -2.44. The monoisotopic (exact) mass is 395 g/mol. The molecule has 3 heterocycles. The molecule has 2 saturated heterocycles. The molecule has 2 aliphatic heterocycles. The number of anilines is 1. The molecule has 2 aromatic rings. The second-order valence-corrected chi connectivity index (χ2v) is 7.69. The van der Waals surface area contributed by atoms with Crippen LogP contribution in [0.2, 0.25) is 0 Å². The number of benzene rings is 1. The standard InChI is InChI=1S/C23H29N3O3/c1-18-21(8-4-9-22(18)25-11-14-28-15-12-25)23(27)26(17-20-7-5-13-29-20)16-19-6-2-3-10-24-19/h2-4,6,8-10,20H,5,7,11-17H2,1H3/t20-/m1/s1. The molecule has 154 valence electrons. The summed E-state index contributed by atoms with van der Waals surface area (Å²) in [5.41, 5.74) is 3.79. The molecule has 6 heteroatoms. The van der Waals surface area contributed by atoms with Crippen LogP contribution in [0.25, 0.3) is 0 Å². The van der Waals surface area contributed by atoms with Gasteiger partial charge in [-0.25, -0.2) is 0 Å². The summed E-state index contributed by atoms with van der Waals surface area (Å²) < 4.78 is 11.3. The number of carbonyl (C=O) groups is 1. The molecule has 1 aromatic heterocycles. The quantitative estimate of drug-likeness (QED) is 0.753. The Morgan fingerprint density at radius 3 is 2.76 bits per heavy atom. The van der Waals surface area contributed by atoms with Crippen molar-refractivity contribution in [2.75, 3.05) is 44.4 Å². The largest absolute Gasteiger partial charge is 0.378 e. The van der Waals surface area contributed by atoms with Crippen LogP contribution >= 0.6 is 0 Å². The SMILES string of the molecule is Cc1c(C(=O)N(Cc2ccccn2)C[C@H]2CCCO2)cccc1N1CCOCC1. The fraction of sp³-hybridized carbons (Fsp3) is 0.478. The van der Waals surface area contributed by atoms with Gasteiger partial charge in [-0.1, -0.05) is 12.1 Å². The van der Waals surface area contributed by atoms with Gasteiger partial charge in [-0.05, 0) is 49.6 Å². The first kappa shape index (κ1) is 19.9. The lowest BCUT2D eigenvalue weighted by molar-refractivity contribution is 0.0504. The van der Waals surface area contributed by atoms with Gasteiger partial charge in [0.1, 0.15) is 0 Å². The van der Waals surface area contributed by atoms with E-state index in [1.165, 1.54) is 0 Å². The zero-order valence-electron chi connectivity index (χ0n) is 17.0. The topological polar surface area (TPSA) is 54.9 Å². The molecular formula is C23H29N3O3. The molecule has 1 aromatic carbocycles. The van der Waals surface area contributed by atoms with Gasteiger partial charge in [0.2, 0.25) is 0 Å². The summed E-state index contributed by atoms with van der Waals surface area (Å²) >= 11 is 0. The predicted molar refractivity (Wildman–Crippen MR) is 112 cm³/mol. The van der Waals surface area contributed by atoms with Crippen LogP contribution in [0.5, 0.6) is 0 Å². The molecule has 4 rings (SSSR count).